The summed E-state index contributed by atoms with van der Waals surface area (Å²) in [6, 6.07) is 8.49. The fraction of sp³-hybridized carbons (Fsp3) is 0.346. The largest absolute Gasteiger partial charge is 0.348 e. The molecule has 3 rings (SSSR count). The minimum atomic E-state index is -0.268. The van der Waals surface area contributed by atoms with E-state index in [-0.39, 0.29) is 17.5 Å². The van der Waals surface area contributed by atoms with E-state index in [1.807, 2.05) is 56.4 Å². The molecule has 0 bridgehead atoms. The molecule has 1 unspecified atom stereocenters. The number of rotatable bonds is 8. The topological polar surface area (TPSA) is 62.0 Å². The molecule has 2 aromatic rings. The van der Waals surface area contributed by atoms with Crippen LogP contribution < -0.4 is 10.9 Å². The molecule has 33 heavy (non-hydrogen) atoms. The number of hydrogen-bond acceptors (Lipinski definition) is 5. The van der Waals surface area contributed by atoms with Crippen molar-refractivity contribution in [1.29, 1.82) is 0 Å². The van der Waals surface area contributed by atoms with Crippen LogP contribution in [-0.4, -0.2) is 34.7 Å². The Balaban J connectivity index is 1.91. The Hall–Kier alpha value is -3.48. The molecule has 7 heteroatoms. The number of aliphatic imine (C=N–C) groups is 1. The Bertz CT molecular complexity index is 1180. The quantitative estimate of drug-likeness (QED) is 0.600. The van der Waals surface area contributed by atoms with Crippen LogP contribution in [0.15, 0.2) is 75.0 Å². The molecule has 0 aliphatic carbocycles. The number of hydrazone groups is 1. The predicted octanol–water partition coefficient (Wildman–Crippen LogP) is 4.59. The lowest BCUT2D eigenvalue weighted by Gasteiger charge is -2.23. The highest BCUT2D eigenvalue weighted by Crippen LogP contribution is 2.15. The van der Waals surface area contributed by atoms with Gasteiger partial charge in [-0.05, 0) is 62.1 Å². The molecule has 174 valence electrons. The third-order valence-electron chi connectivity index (χ3n) is 5.72. The molecular weight excluding hydrogens is 417 g/mol. The van der Waals surface area contributed by atoms with Crippen molar-refractivity contribution in [3.63, 3.8) is 0 Å². The van der Waals surface area contributed by atoms with Crippen LogP contribution in [0.2, 0.25) is 0 Å². The number of nitrogens with zero attached hydrogens (tertiary/aromatic N) is 4. The van der Waals surface area contributed by atoms with E-state index < -0.39 is 0 Å². The summed E-state index contributed by atoms with van der Waals surface area (Å²) in [4.78, 5) is 17.7. The first-order valence-corrected chi connectivity index (χ1v) is 11.2. The van der Waals surface area contributed by atoms with Gasteiger partial charge in [0.25, 0.3) is 5.56 Å². The third-order valence-corrected chi connectivity index (χ3v) is 5.72. The lowest BCUT2D eigenvalue weighted by molar-refractivity contribution is 0.255. The molecule has 0 saturated heterocycles. The highest BCUT2D eigenvalue weighted by molar-refractivity contribution is 6.09. The van der Waals surface area contributed by atoms with E-state index in [2.05, 4.69) is 17.3 Å². The van der Waals surface area contributed by atoms with E-state index in [1.165, 1.54) is 6.07 Å². The van der Waals surface area contributed by atoms with Gasteiger partial charge in [-0.2, -0.15) is 5.10 Å². The maximum atomic E-state index is 13.9. The Morgan fingerprint density at radius 3 is 2.73 bits per heavy atom. The Labute approximate surface area is 194 Å². The molecule has 0 spiro atoms. The average Bonchev–Trinajstić information content (AvgIpc) is 3.20. The molecule has 0 radical (unpaired) electrons. The number of aryl methyl sites for hydroxylation is 1. The molecule has 1 N–H and O–H groups in total. The first-order chi connectivity index (χ1) is 15.8. The minimum absolute atomic E-state index is 0.0417. The van der Waals surface area contributed by atoms with E-state index >= 15 is 0 Å². The van der Waals surface area contributed by atoms with Crippen LogP contribution in [0.3, 0.4) is 0 Å². The fourth-order valence-corrected chi connectivity index (χ4v) is 3.44. The average molecular weight is 450 g/mol. The smallest absolute Gasteiger partial charge is 0.251 e. The molecule has 2 heterocycles. The Morgan fingerprint density at radius 1 is 1.33 bits per heavy atom. The van der Waals surface area contributed by atoms with E-state index in [4.69, 9.17) is 4.99 Å². The van der Waals surface area contributed by atoms with E-state index in [0.29, 0.717) is 17.8 Å². The molecule has 0 fully saturated rings. The predicted molar refractivity (Wildman–Crippen MR) is 133 cm³/mol. The molecular formula is C26H32FN5O. The number of allylic oxidation sites excluding steroid dienone is 3. The molecule has 6 nitrogen and oxygen atoms in total. The van der Waals surface area contributed by atoms with Crippen molar-refractivity contribution in [1.82, 2.24) is 14.9 Å². The van der Waals surface area contributed by atoms with Crippen molar-refractivity contribution in [2.24, 2.45) is 10.1 Å². The van der Waals surface area contributed by atoms with Gasteiger partial charge in [-0.25, -0.2) is 9.38 Å². The second kappa shape index (κ2) is 10.9. The first-order valence-electron chi connectivity index (χ1n) is 11.2. The normalized spacial score (nSPS) is 17.1. The van der Waals surface area contributed by atoms with E-state index in [0.717, 1.165) is 35.4 Å². The second-order valence-corrected chi connectivity index (χ2v) is 8.21. The zero-order valence-electron chi connectivity index (χ0n) is 20.0. The lowest BCUT2D eigenvalue weighted by Crippen LogP contribution is -2.37. The van der Waals surface area contributed by atoms with Gasteiger partial charge in [-0.1, -0.05) is 25.1 Å². The molecule has 1 atom stereocenters. The zero-order chi connectivity index (χ0) is 24.0. The SMILES string of the molecule is C\C=C/C(=N\C(NC1CC=NN1C)=C(/C)CC)c1ccn(Cc2ccc(C)c(F)c2)c(=O)c1. The van der Waals surface area contributed by atoms with Gasteiger partial charge < -0.3 is 9.88 Å². The lowest BCUT2D eigenvalue weighted by atomic mass is 10.1. The number of pyridine rings is 1. The summed E-state index contributed by atoms with van der Waals surface area (Å²) < 4.78 is 15.5. The van der Waals surface area contributed by atoms with Crippen LogP contribution in [0, 0.1) is 12.7 Å². The van der Waals surface area contributed by atoms with Crippen LogP contribution in [0.1, 0.15) is 50.3 Å². The summed E-state index contributed by atoms with van der Waals surface area (Å²) in [6.45, 7) is 8.09. The van der Waals surface area contributed by atoms with Crippen LogP contribution in [-0.2, 0) is 6.54 Å². The molecule has 0 amide bonds. The maximum absolute atomic E-state index is 13.9. The summed E-state index contributed by atoms with van der Waals surface area (Å²) in [5.41, 5.74) is 3.70. The third kappa shape index (κ3) is 6.06. The molecule has 1 aliphatic heterocycles. The van der Waals surface area contributed by atoms with E-state index in [9.17, 15) is 9.18 Å². The number of nitrogens with one attached hydrogen (secondary N) is 1. The summed E-state index contributed by atoms with van der Waals surface area (Å²) in [5.74, 6) is 0.517. The summed E-state index contributed by atoms with van der Waals surface area (Å²) >= 11 is 0. The minimum Gasteiger partial charge on any atom is -0.348 e. The van der Waals surface area contributed by atoms with Crippen molar-refractivity contribution in [3.8, 4) is 0 Å². The van der Waals surface area contributed by atoms with Crippen molar-refractivity contribution in [2.75, 3.05) is 7.05 Å². The van der Waals surface area contributed by atoms with Gasteiger partial charge >= 0.3 is 0 Å². The van der Waals surface area contributed by atoms with Gasteiger partial charge in [-0.15, -0.1) is 0 Å². The van der Waals surface area contributed by atoms with Crippen LogP contribution in [0.25, 0.3) is 0 Å². The van der Waals surface area contributed by atoms with Gasteiger partial charge in [-0.3, -0.25) is 9.80 Å². The van der Waals surface area contributed by atoms with Gasteiger partial charge in [0.1, 0.15) is 17.8 Å². The molecule has 0 saturated carbocycles. The number of halogens is 1. The first kappa shape index (κ1) is 24.2. The summed E-state index contributed by atoms with van der Waals surface area (Å²) in [7, 11) is 1.93. The zero-order valence-corrected chi connectivity index (χ0v) is 20.0. The highest BCUT2D eigenvalue weighted by atomic mass is 19.1. The van der Waals surface area contributed by atoms with Crippen molar-refractivity contribution >= 4 is 11.9 Å². The van der Waals surface area contributed by atoms with Crippen LogP contribution >= 0.6 is 0 Å². The molecule has 1 aromatic heterocycles. The Kier molecular flexibility index (Phi) is 7.98. The monoisotopic (exact) mass is 449 g/mol. The van der Waals surface area contributed by atoms with Crippen molar-refractivity contribution in [3.05, 3.63) is 92.9 Å². The van der Waals surface area contributed by atoms with Crippen LogP contribution in [0.5, 0.6) is 0 Å². The highest BCUT2D eigenvalue weighted by Gasteiger charge is 2.18. The summed E-state index contributed by atoms with van der Waals surface area (Å²) in [6.07, 6.45) is 9.10. The fourth-order valence-electron chi connectivity index (χ4n) is 3.44. The maximum Gasteiger partial charge on any atom is 0.251 e. The van der Waals surface area contributed by atoms with Gasteiger partial charge in [0.15, 0.2) is 0 Å². The van der Waals surface area contributed by atoms with Crippen molar-refractivity contribution < 1.29 is 4.39 Å². The number of hydrogen-bond donors (Lipinski definition) is 1. The van der Waals surface area contributed by atoms with Gasteiger partial charge in [0, 0.05) is 37.5 Å². The van der Waals surface area contributed by atoms with Gasteiger partial charge in [0.05, 0.1) is 12.3 Å². The van der Waals surface area contributed by atoms with Crippen molar-refractivity contribution in [2.45, 2.75) is 53.2 Å². The Morgan fingerprint density at radius 2 is 2.12 bits per heavy atom. The number of benzene rings is 1. The summed E-state index contributed by atoms with van der Waals surface area (Å²) in [5, 5.41) is 9.65. The van der Waals surface area contributed by atoms with E-state index in [1.54, 1.807) is 29.8 Å². The second-order valence-electron chi connectivity index (χ2n) is 8.21. The molecule has 1 aromatic carbocycles. The standard InChI is InChI=1S/C26H32FN5O/c1-6-8-23(29-26(18(3)7-2)30-24-11-13-28-31(24)5)21-12-14-32(25(33)16-21)17-20-10-9-19(4)22(27)15-20/h6,8-10,12-16,24,30H,7,11,17H2,1-5H3/b8-6-,26-18-,29-23+. The number of aromatic nitrogens is 1. The van der Waals surface area contributed by atoms with Crippen LogP contribution in [0.4, 0.5) is 4.39 Å². The van der Waals surface area contributed by atoms with Gasteiger partial charge in [0.2, 0.25) is 0 Å². The molecule has 1 aliphatic rings.